The molecule has 0 aliphatic carbocycles. The Morgan fingerprint density at radius 3 is 2.57 bits per heavy atom. The highest BCUT2D eigenvalue weighted by atomic mass is 35.5. The lowest BCUT2D eigenvalue weighted by atomic mass is 10.4. The Balaban J connectivity index is 2.69. The van der Waals surface area contributed by atoms with Crippen LogP contribution >= 0.6 is 22.9 Å². The van der Waals surface area contributed by atoms with Gasteiger partial charge in [0.25, 0.3) is 0 Å². The van der Waals surface area contributed by atoms with Gasteiger partial charge < -0.3 is 0 Å². The molecule has 0 radical (unpaired) electrons. The van der Waals surface area contributed by atoms with Gasteiger partial charge in [-0.1, -0.05) is 11.6 Å². The van der Waals surface area contributed by atoms with E-state index in [9.17, 15) is 13.2 Å². The maximum absolute atomic E-state index is 12.2. The lowest BCUT2D eigenvalue weighted by Crippen LogP contribution is -2.03. The van der Waals surface area contributed by atoms with Gasteiger partial charge in [0.1, 0.15) is 5.52 Å². The third-order valence-electron chi connectivity index (χ3n) is 1.50. The highest BCUT2D eigenvalue weighted by molar-refractivity contribution is 7.18. The first kappa shape index (κ1) is 9.67. The molecule has 0 amide bonds. The number of halogens is 4. The average Bonchev–Trinajstić information content (AvgIpc) is 2.48. The first-order valence-corrected chi connectivity index (χ1v) is 4.65. The maximum Gasteiger partial charge on any atom is 0.443 e. The zero-order chi connectivity index (χ0) is 10.3. The number of aromatic nitrogens is 2. The van der Waals surface area contributed by atoms with E-state index < -0.39 is 11.2 Å². The molecule has 0 saturated carbocycles. The molecule has 0 spiro atoms. The molecule has 2 rings (SSSR count). The molecule has 0 fully saturated rings. The summed E-state index contributed by atoms with van der Waals surface area (Å²) in [4.78, 5) is 7.08. The monoisotopic (exact) mass is 238 g/mol. The molecule has 2 aromatic rings. The van der Waals surface area contributed by atoms with Crippen molar-refractivity contribution in [1.29, 1.82) is 0 Å². The van der Waals surface area contributed by atoms with Gasteiger partial charge in [-0.15, -0.1) is 11.3 Å². The smallest absolute Gasteiger partial charge is 0.262 e. The third-order valence-corrected chi connectivity index (χ3v) is 2.81. The Morgan fingerprint density at radius 2 is 2.00 bits per heavy atom. The Kier molecular flexibility index (Phi) is 2.11. The van der Waals surface area contributed by atoms with E-state index in [4.69, 9.17) is 11.6 Å². The molecule has 0 saturated heterocycles. The summed E-state index contributed by atoms with van der Waals surface area (Å²) in [6, 6.07) is 0. The predicted octanol–water partition coefficient (Wildman–Crippen LogP) is 3.36. The summed E-state index contributed by atoms with van der Waals surface area (Å²) in [6.07, 6.45) is -1.84. The van der Waals surface area contributed by atoms with Gasteiger partial charge in [-0.2, -0.15) is 13.2 Å². The van der Waals surface area contributed by atoms with Crippen molar-refractivity contribution in [1.82, 2.24) is 9.97 Å². The molecule has 2 nitrogen and oxygen atoms in total. The van der Waals surface area contributed by atoms with Gasteiger partial charge in [-0.25, -0.2) is 4.98 Å². The molecule has 0 aliphatic heterocycles. The molecule has 14 heavy (non-hydrogen) atoms. The van der Waals surface area contributed by atoms with Crippen LogP contribution in [0.2, 0.25) is 5.02 Å². The lowest BCUT2D eigenvalue weighted by Gasteiger charge is -1.98. The molecule has 0 atom stereocenters. The summed E-state index contributed by atoms with van der Waals surface area (Å²) < 4.78 is 37.1. The van der Waals surface area contributed by atoms with E-state index in [-0.39, 0.29) is 10.5 Å². The highest BCUT2D eigenvalue weighted by Crippen LogP contribution is 2.36. The fraction of sp³-hybridized carbons (Fsp3) is 0.143. The van der Waals surface area contributed by atoms with Gasteiger partial charge >= 0.3 is 6.18 Å². The molecule has 0 unspecified atom stereocenters. The molecule has 2 heterocycles. The van der Waals surface area contributed by atoms with E-state index in [1.54, 1.807) is 0 Å². The summed E-state index contributed by atoms with van der Waals surface area (Å²) in [5, 5.41) is -0.767. The average molecular weight is 239 g/mol. The summed E-state index contributed by atoms with van der Waals surface area (Å²) in [6.45, 7) is 0. The number of pyridine rings is 1. The second kappa shape index (κ2) is 3.06. The molecule has 0 aliphatic rings. The van der Waals surface area contributed by atoms with Crippen molar-refractivity contribution >= 4 is 33.2 Å². The Labute approximate surface area is 85.4 Å². The summed E-state index contributed by atoms with van der Waals surface area (Å²) in [7, 11) is 0. The fourth-order valence-electron chi connectivity index (χ4n) is 0.943. The van der Waals surface area contributed by atoms with E-state index in [0.29, 0.717) is 16.0 Å². The van der Waals surface area contributed by atoms with Gasteiger partial charge in [0.2, 0.25) is 0 Å². The molecule has 0 N–H and O–H groups in total. The van der Waals surface area contributed by atoms with Crippen LogP contribution in [0, 0.1) is 0 Å². The molecule has 74 valence electrons. The van der Waals surface area contributed by atoms with Crippen molar-refractivity contribution in [2.24, 2.45) is 0 Å². The quantitative estimate of drug-likeness (QED) is 0.703. The van der Waals surface area contributed by atoms with Gasteiger partial charge in [0.15, 0.2) is 5.01 Å². The van der Waals surface area contributed by atoms with Crippen molar-refractivity contribution < 1.29 is 13.2 Å². The van der Waals surface area contributed by atoms with E-state index >= 15 is 0 Å². The van der Waals surface area contributed by atoms with Crippen LogP contribution in [0.4, 0.5) is 13.2 Å². The van der Waals surface area contributed by atoms with Crippen molar-refractivity contribution in [3.8, 4) is 0 Å². The van der Waals surface area contributed by atoms with Crippen molar-refractivity contribution in [2.75, 3.05) is 0 Å². The number of hydrogen-bond acceptors (Lipinski definition) is 3. The van der Waals surface area contributed by atoms with Crippen molar-refractivity contribution in [3.63, 3.8) is 0 Å². The largest absolute Gasteiger partial charge is 0.443 e. The number of thiazole rings is 1. The van der Waals surface area contributed by atoms with E-state index in [2.05, 4.69) is 9.97 Å². The van der Waals surface area contributed by atoms with Crippen LogP contribution in [0.25, 0.3) is 10.2 Å². The Morgan fingerprint density at radius 1 is 1.29 bits per heavy atom. The van der Waals surface area contributed by atoms with Crippen LogP contribution in [-0.2, 0) is 6.18 Å². The minimum Gasteiger partial charge on any atom is -0.262 e. The third kappa shape index (κ3) is 1.55. The first-order chi connectivity index (χ1) is 6.48. The zero-order valence-corrected chi connectivity index (χ0v) is 8.04. The van der Waals surface area contributed by atoms with E-state index in [1.807, 2.05) is 0 Å². The van der Waals surface area contributed by atoms with Crippen LogP contribution in [0.1, 0.15) is 5.01 Å². The van der Waals surface area contributed by atoms with Crippen molar-refractivity contribution in [2.45, 2.75) is 6.18 Å². The topological polar surface area (TPSA) is 25.8 Å². The Hall–Kier alpha value is -0.880. The highest BCUT2D eigenvalue weighted by Gasteiger charge is 2.35. The predicted molar refractivity (Wildman–Crippen MR) is 47.4 cm³/mol. The molecule has 0 aromatic carbocycles. The number of nitrogens with zero attached hydrogens (tertiary/aromatic N) is 2. The van der Waals surface area contributed by atoms with E-state index in [0.717, 1.165) is 0 Å². The summed E-state index contributed by atoms with van der Waals surface area (Å²) >= 11 is 6.17. The molecular formula is C7H2ClF3N2S. The SMILES string of the molecule is FC(F)(F)c1nc2c(Cl)cncc2s1. The minimum absolute atomic E-state index is 0.134. The van der Waals surface area contributed by atoms with Crippen molar-refractivity contribution in [3.05, 3.63) is 22.4 Å². The number of rotatable bonds is 0. The summed E-state index contributed by atoms with van der Waals surface area (Å²) in [5.41, 5.74) is 0.152. The van der Waals surface area contributed by atoms with Crippen LogP contribution in [0.5, 0.6) is 0 Å². The zero-order valence-electron chi connectivity index (χ0n) is 6.47. The minimum atomic E-state index is -4.42. The lowest BCUT2D eigenvalue weighted by molar-refractivity contribution is -0.137. The number of alkyl halides is 3. The van der Waals surface area contributed by atoms with E-state index in [1.165, 1.54) is 12.4 Å². The molecular weight excluding hydrogens is 237 g/mol. The second-order valence-electron chi connectivity index (χ2n) is 2.48. The first-order valence-electron chi connectivity index (χ1n) is 3.46. The van der Waals surface area contributed by atoms with Crippen LogP contribution in [0.15, 0.2) is 12.4 Å². The second-order valence-corrected chi connectivity index (χ2v) is 3.92. The normalized spacial score (nSPS) is 12.3. The standard InChI is InChI=1S/C7H2ClF3N2S/c8-3-1-12-2-4-5(3)13-6(14-4)7(9,10)11/h1-2H. The van der Waals surface area contributed by atoms with Gasteiger partial charge in [0.05, 0.1) is 9.72 Å². The van der Waals surface area contributed by atoms with Gasteiger partial charge in [-0.05, 0) is 0 Å². The number of fused-ring (bicyclic) bond motifs is 1. The summed E-state index contributed by atoms with van der Waals surface area (Å²) in [5.74, 6) is 0. The van der Waals surface area contributed by atoms with Gasteiger partial charge in [0, 0.05) is 12.4 Å². The molecule has 7 heteroatoms. The van der Waals surface area contributed by atoms with Crippen LogP contribution in [0.3, 0.4) is 0 Å². The maximum atomic E-state index is 12.2. The van der Waals surface area contributed by atoms with Crippen LogP contribution < -0.4 is 0 Å². The Bertz CT molecular complexity index is 479. The molecule has 2 aromatic heterocycles. The number of hydrogen-bond donors (Lipinski definition) is 0. The fourth-order valence-corrected chi connectivity index (χ4v) is 2.03. The van der Waals surface area contributed by atoms with Gasteiger partial charge in [-0.3, -0.25) is 4.98 Å². The molecule has 0 bridgehead atoms. The van der Waals surface area contributed by atoms with Crippen LogP contribution in [-0.4, -0.2) is 9.97 Å².